The number of benzene rings is 1. The zero-order valence-corrected chi connectivity index (χ0v) is 21.6. The Bertz CT molecular complexity index is 853. The number of hydrogen-bond acceptors (Lipinski definition) is 6. The van der Waals surface area contributed by atoms with Crippen molar-refractivity contribution in [3.05, 3.63) is 41.6 Å². The number of fused-ring (bicyclic) bond motifs is 1. The summed E-state index contributed by atoms with van der Waals surface area (Å²) in [5.41, 5.74) is 2.10. The van der Waals surface area contributed by atoms with Crippen molar-refractivity contribution in [2.24, 2.45) is 5.92 Å². The summed E-state index contributed by atoms with van der Waals surface area (Å²) in [4.78, 5) is 28.2. The Hall–Kier alpha value is -2.58. The minimum absolute atomic E-state index is 0.123. The molecule has 0 spiro atoms. The van der Waals surface area contributed by atoms with E-state index in [0.29, 0.717) is 26.2 Å². The molecular formula is C27H43N5O3. The molecule has 0 bridgehead atoms. The molecule has 0 radical (unpaired) electrons. The molecule has 4 N–H and O–H groups in total. The SMILES string of the molecule is CC/C=C1\CN[C@@H](C)COc2ccccc2CC(C)CNC(=O)C(CN2CCCC2)NC(=O)CN1. The van der Waals surface area contributed by atoms with Crippen molar-refractivity contribution in [3.8, 4) is 5.75 Å². The third-order valence-corrected chi connectivity index (χ3v) is 6.51. The van der Waals surface area contributed by atoms with E-state index in [-0.39, 0.29) is 30.3 Å². The van der Waals surface area contributed by atoms with Crippen LogP contribution in [0.1, 0.15) is 45.6 Å². The van der Waals surface area contributed by atoms with E-state index in [1.807, 2.05) is 18.2 Å². The highest BCUT2D eigenvalue weighted by atomic mass is 16.5. The van der Waals surface area contributed by atoms with Crippen molar-refractivity contribution in [1.29, 1.82) is 0 Å². The standard InChI is InChI=1S/C27H43N5O3/c1-4-9-23-16-28-21(3)19-35-25-11-6-5-10-22(25)14-20(2)15-30-27(34)24(31-26(33)17-29-23)18-32-12-7-8-13-32/h5-6,9-11,20-21,24,28-29H,4,7-8,12-19H2,1-3H3,(H,30,34)(H,31,33)/b23-9+/t20?,21-,24?/m0/s1. The van der Waals surface area contributed by atoms with E-state index in [2.05, 4.69) is 59.1 Å². The number of hydrogen-bond donors (Lipinski definition) is 4. The highest BCUT2D eigenvalue weighted by molar-refractivity contribution is 5.88. The first-order valence-electron chi connectivity index (χ1n) is 13.1. The lowest BCUT2D eigenvalue weighted by Crippen LogP contribution is -2.54. The molecule has 1 aromatic carbocycles. The first-order valence-corrected chi connectivity index (χ1v) is 13.1. The normalized spacial score (nSPS) is 27.1. The van der Waals surface area contributed by atoms with Crippen LogP contribution in [0.4, 0.5) is 0 Å². The van der Waals surface area contributed by atoms with Gasteiger partial charge in [0, 0.05) is 31.4 Å². The van der Waals surface area contributed by atoms with Gasteiger partial charge in [-0.1, -0.05) is 38.1 Å². The lowest BCUT2D eigenvalue weighted by atomic mass is 10.00. The number of nitrogens with zero attached hydrogens (tertiary/aromatic N) is 1. The van der Waals surface area contributed by atoms with E-state index in [1.165, 1.54) is 0 Å². The Morgan fingerprint density at radius 3 is 2.63 bits per heavy atom. The molecule has 1 saturated heterocycles. The molecule has 0 aliphatic carbocycles. The lowest BCUT2D eigenvalue weighted by Gasteiger charge is -2.25. The molecule has 8 heteroatoms. The number of carbonyl (C=O) groups excluding carboxylic acids is 2. The molecule has 0 aromatic heterocycles. The maximum Gasteiger partial charge on any atom is 0.243 e. The number of carbonyl (C=O) groups is 2. The van der Waals surface area contributed by atoms with Gasteiger partial charge >= 0.3 is 0 Å². The summed E-state index contributed by atoms with van der Waals surface area (Å²) in [7, 11) is 0. The van der Waals surface area contributed by atoms with Crippen LogP contribution in [0, 0.1) is 5.92 Å². The van der Waals surface area contributed by atoms with E-state index in [0.717, 1.165) is 55.8 Å². The third kappa shape index (κ3) is 9.18. The Morgan fingerprint density at radius 1 is 1.09 bits per heavy atom. The number of rotatable bonds is 3. The quantitative estimate of drug-likeness (QED) is 0.522. The zero-order chi connectivity index (χ0) is 25.0. The molecule has 194 valence electrons. The number of para-hydroxylation sites is 1. The van der Waals surface area contributed by atoms with Crippen LogP contribution < -0.4 is 26.0 Å². The number of nitrogens with one attached hydrogen (secondary N) is 4. The van der Waals surface area contributed by atoms with Crippen molar-refractivity contribution in [2.75, 3.05) is 45.9 Å². The van der Waals surface area contributed by atoms with Crippen LogP contribution in [0.25, 0.3) is 0 Å². The molecule has 8 nitrogen and oxygen atoms in total. The molecule has 2 aliphatic rings. The molecule has 1 aromatic rings. The smallest absolute Gasteiger partial charge is 0.243 e. The van der Waals surface area contributed by atoms with Crippen LogP contribution in [0.3, 0.4) is 0 Å². The number of amides is 2. The minimum Gasteiger partial charge on any atom is -0.492 e. The third-order valence-electron chi connectivity index (χ3n) is 6.51. The van der Waals surface area contributed by atoms with E-state index in [1.54, 1.807) is 0 Å². The molecule has 3 atom stereocenters. The van der Waals surface area contributed by atoms with Crippen LogP contribution >= 0.6 is 0 Å². The van der Waals surface area contributed by atoms with Gasteiger partial charge in [-0.3, -0.25) is 9.59 Å². The fourth-order valence-corrected chi connectivity index (χ4v) is 4.53. The summed E-state index contributed by atoms with van der Waals surface area (Å²) < 4.78 is 6.16. The van der Waals surface area contributed by atoms with Crippen LogP contribution in [0.5, 0.6) is 5.75 Å². The number of ether oxygens (including phenoxy) is 1. The van der Waals surface area contributed by atoms with Crippen molar-refractivity contribution in [2.45, 2.75) is 58.5 Å². The van der Waals surface area contributed by atoms with E-state index >= 15 is 0 Å². The van der Waals surface area contributed by atoms with Gasteiger partial charge in [-0.25, -0.2) is 0 Å². The number of likely N-dealkylation sites (tertiary alicyclic amines) is 1. The Kier molecular flexibility index (Phi) is 10.9. The maximum absolute atomic E-state index is 13.1. The molecule has 1 fully saturated rings. The summed E-state index contributed by atoms with van der Waals surface area (Å²) in [6.45, 7) is 10.6. The molecule has 3 rings (SSSR count). The molecule has 35 heavy (non-hydrogen) atoms. The molecule has 2 unspecified atom stereocenters. The molecule has 2 heterocycles. The van der Waals surface area contributed by atoms with Gasteiger partial charge in [0.05, 0.1) is 6.54 Å². The largest absolute Gasteiger partial charge is 0.492 e. The Labute approximate surface area is 210 Å². The summed E-state index contributed by atoms with van der Waals surface area (Å²) in [6.07, 6.45) is 6.02. The van der Waals surface area contributed by atoms with Gasteiger partial charge in [0.1, 0.15) is 18.4 Å². The summed E-state index contributed by atoms with van der Waals surface area (Å²) in [5, 5.41) is 12.8. The van der Waals surface area contributed by atoms with Crippen LogP contribution in [0.2, 0.25) is 0 Å². The van der Waals surface area contributed by atoms with Crippen molar-refractivity contribution in [3.63, 3.8) is 0 Å². The van der Waals surface area contributed by atoms with Crippen molar-refractivity contribution >= 4 is 11.8 Å². The monoisotopic (exact) mass is 485 g/mol. The fourth-order valence-electron chi connectivity index (χ4n) is 4.53. The van der Waals surface area contributed by atoms with E-state index in [9.17, 15) is 9.59 Å². The second-order valence-electron chi connectivity index (χ2n) is 9.87. The van der Waals surface area contributed by atoms with Gasteiger partial charge in [0.2, 0.25) is 11.8 Å². The summed E-state index contributed by atoms with van der Waals surface area (Å²) in [6, 6.07) is 7.69. The Balaban J connectivity index is 1.75. The molecular weight excluding hydrogens is 442 g/mol. The molecule has 2 amide bonds. The minimum atomic E-state index is -0.569. The van der Waals surface area contributed by atoms with Crippen LogP contribution in [-0.2, 0) is 16.0 Å². The van der Waals surface area contributed by atoms with Crippen LogP contribution in [-0.4, -0.2) is 74.7 Å². The van der Waals surface area contributed by atoms with Gasteiger partial charge in [0.25, 0.3) is 0 Å². The van der Waals surface area contributed by atoms with E-state index < -0.39 is 6.04 Å². The number of allylic oxidation sites excluding steroid dienone is 1. The first-order chi connectivity index (χ1) is 16.9. The highest BCUT2D eigenvalue weighted by Crippen LogP contribution is 2.21. The predicted octanol–water partition coefficient (Wildman–Crippen LogP) is 1.82. The van der Waals surface area contributed by atoms with Crippen LogP contribution in [0.15, 0.2) is 36.0 Å². The second-order valence-corrected chi connectivity index (χ2v) is 9.87. The highest BCUT2D eigenvalue weighted by Gasteiger charge is 2.25. The van der Waals surface area contributed by atoms with E-state index in [4.69, 9.17) is 4.74 Å². The lowest BCUT2D eigenvalue weighted by molar-refractivity contribution is -0.129. The van der Waals surface area contributed by atoms with Gasteiger partial charge in [-0.15, -0.1) is 0 Å². The first kappa shape index (κ1) is 27.0. The average molecular weight is 486 g/mol. The van der Waals surface area contributed by atoms with Crippen molar-refractivity contribution in [1.82, 2.24) is 26.2 Å². The molecule has 2 aliphatic heterocycles. The topological polar surface area (TPSA) is 94.7 Å². The molecule has 0 saturated carbocycles. The summed E-state index contributed by atoms with van der Waals surface area (Å²) >= 11 is 0. The van der Waals surface area contributed by atoms with Gasteiger partial charge < -0.3 is 30.9 Å². The van der Waals surface area contributed by atoms with Gasteiger partial charge in [0.15, 0.2) is 0 Å². The van der Waals surface area contributed by atoms with Gasteiger partial charge in [-0.2, -0.15) is 0 Å². The predicted molar refractivity (Wildman–Crippen MR) is 139 cm³/mol. The summed E-state index contributed by atoms with van der Waals surface area (Å²) in [5.74, 6) is 0.820. The average Bonchev–Trinajstić information content (AvgIpc) is 3.36. The van der Waals surface area contributed by atoms with Crippen molar-refractivity contribution < 1.29 is 14.3 Å². The van der Waals surface area contributed by atoms with Gasteiger partial charge in [-0.05, 0) is 63.2 Å². The Morgan fingerprint density at radius 2 is 1.86 bits per heavy atom. The second kappa shape index (κ2) is 14.1. The fraction of sp³-hybridized carbons (Fsp3) is 0.630. The zero-order valence-electron chi connectivity index (χ0n) is 21.6. The maximum atomic E-state index is 13.1.